The first kappa shape index (κ1) is 26.3. The molecule has 0 spiro atoms. The maximum Gasteiger partial charge on any atom is 0.407 e. The Hall–Kier alpha value is -3.72. The van der Waals surface area contributed by atoms with E-state index in [1.807, 2.05) is 76.4 Å². The number of rotatable bonds is 7. The van der Waals surface area contributed by atoms with Gasteiger partial charge >= 0.3 is 6.09 Å². The van der Waals surface area contributed by atoms with Gasteiger partial charge in [0.05, 0.1) is 23.3 Å². The van der Waals surface area contributed by atoms with E-state index in [9.17, 15) is 9.59 Å². The number of hydrogen-bond donors (Lipinski definition) is 4. The van der Waals surface area contributed by atoms with Crippen LogP contribution in [0.4, 0.5) is 16.2 Å². The largest absolute Gasteiger partial charge is 0.444 e. The Labute approximate surface area is 218 Å². The van der Waals surface area contributed by atoms with E-state index in [0.717, 1.165) is 36.9 Å². The fraction of sp³-hybridized carbons (Fsp3) is 0.429. The summed E-state index contributed by atoms with van der Waals surface area (Å²) in [5.41, 5.74) is 7.90. The molecule has 37 heavy (non-hydrogen) atoms. The first-order valence-electron chi connectivity index (χ1n) is 12.7. The first-order valence-corrected chi connectivity index (χ1v) is 12.7. The van der Waals surface area contributed by atoms with E-state index in [-0.39, 0.29) is 18.1 Å². The molecule has 2 aromatic carbocycles. The van der Waals surface area contributed by atoms with Crippen molar-refractivity contribution in [2.24, 2.45) is 5.73 Å². The van der Waals surface area contributed by atoms with Crippen molar-refractivity contribution in [2.45, 2.75) is 70.2 Å². The van der Waals surface area contributed by atoms with E-state index in [1.54, 1.807) is 11.1 Å². The number of nitrogens with two attached hydrogens (primary N) is 1. The number of carbonyl (C=O) groups is 2. The number of carbonyl (C=O) groups excluding carboxylic acids is 2. The molecule has 0 aromatic heterocycles. The molecule has 2 aromatic rings. The van der Waals surface area contributed by atoms with E-state index < -0.39 is 17.6 Å². The van der Waals surface area contributed by atoms with E-state index in [1.165, 1.54) is 0 Å². The molecule has 1 saturated carbocycles. The number of primary amides is 1. The molecule has 1 fully saturated rings. The van der Waals surface area contributed by atoms with Crippen molar-refractivity contribution in [3.63, 3.8) is 0 Å². The molecule has 0 saturated heterocycles. The molecule has 3 atom stereocenters. The van der Waals surface area contributed by atoms with Crippen LogP contribution in [0.2, 0.25) is 0 Å². The molecule has 1 aliphatic carbocycles. The average molecular weight is 508 g/mol. The van der Waals surface area contributed by atoms with Gasteiger partial charge in [0.15, 0.2) is 0 Å². The Kier molecular flexibility index (Phi) is 7.92. The van der Waals surface area contributed by atoms with Gasteiger partial charge in [-0.2, -0.15) is 0 Å². The smallest absolute Gasteiger partial charge is 0.407 e. The lowest BCUT2D eigenvalue weighted by atomic mass is 9.90. The van der Waals surface area contributed by atoms with Crippen molar-refractivity contribution < 1.29 is 19.2 Å². The Balaban J connectivity index is 1.50. The minimum absolute atomic E-state index is 0.0177. The topological polar surface area (TPSA) is 118 Å². The quantitative estimate of drug-likeness (QED) is 0.421. The molecule has 2 aliphatic rings. The summed E-state index contributed by atoms with van der Waals surface area (Å²) in [6, 6.07) is 15.3. The van der Waals surface area contributed by atoms with Gasteiger partial charge in [0, 0.05) is 24.9 Å². The summed E-state index contributed by atoms with van der Waals surface area (Å²) >= 11 is 0. The molecular formula is C28H37N5O4. The van der Waals surface area contributed by atoms with E-state index in [0.29, 0.717) is 17.1 Å². The van der Waals surface area contributed by atoms with Gasteiger partial charge in [-0.3, -0.25) is 4.79 Å². The van der Waals surface area contributed by atoms with Crippen LogP contribution in [0.3, 0.4) is 0 Å². The van der Waals surface area contributed by atoms with Crippen molar-refractivity contribution in [1.29, 1.82) is 0 Å². The maximum absolute atomic E-state index is 12.4. The predicted molar refractivity (Wildman–Crippen MR) is 144 cm³/mol. The third-order valence-corrected chi connectivity index (χ3v) is 6.45. The van der Waals surface area contributed by atoms with Gasteiger partial charge in [0.25, 0.3) is 5.91 Å². The Morgan fingerprint density at radius 1 is 1.05 bits per heavy atom. The standard InChI is InChI=1S/C28H37N5O4/c1-28(2,3)36-27(35)32-22-13-9-8-12-21(22)30-19-14-15-20(26(29)34)23(16-19)31-25-17-24(33(4)37-25)18-10-6-5-7-11-18/h5-7,10-11,14-17,21-22,24,30-31H,8-9,12-13H2,1-4H3,(H2,29,34)(H,32,35)/t21-,22+,24?/m1/s1. The minimum atomic E-state index is -0.558. The van der Waals surface area contributed by atoms with Gasteiger partial charge < -0.3 is 31.3 Å². The number of alkyl carbamates (subject to hydrolysis) is 1. The normalized spacial score (nSPS) is 21.9. The van der Waals surface area contributed by atoms with Crippen molar-refractivity contribution >= 4 is 23.4 Å². The summed E-state index contributed by atoms with van der Waals surface area (Å²) < 4.78 is 5.46. The second-order valence-corrected chi connectivity index (χ2v) is 10.6. The SMILES string of the molecule is CN1OC(Nc2cc(N[C@@H]3CCCC[C@@H]3NC(=O)OC(C)(C)C)ccc2C(N)=O)=CC1c1ccccc1. The number of likely N-dealkylation sites (N-methyl/N-ethyl adjacent to an activating group) is 1. The summed E-state index contributed by atoms with van der Waals surface area (Å²) in [4.78, 5) is 30.5. The highest BCUT2D eigenvalue weighted by atomic mass is 16.7. The number of nitrogens with one attached hydrogen (secondary N) is 3. The Morgan fingerprint density at radius 3 is 2.43 bits per heavy atom. The number of amides is 2. The van der Waals surface area contributed by atoms with Crippen LogP contribution in [0.25, 0.3) is 0 Å². The van der Waals surface area contributed by atoms with Gasteiger partial charge in [0.1, 0.15) is 5.60 Å². The highest BCUT2D eigenvalue weighted by molar-refractivity contribution is 5.99. The zero-order valence-electron chi connectivity index (χ0n) is 21.9. The highest BCUT2D eigenvalue weighted by Crippen LogP contribution is 2.32. The second kappa shape index (κ2) is 11.1. The predicted octanol–water partition coefficient (Wildman–Crippen LogP) is 4.90. The van der Waals surface area contributed by atoms with Crippen LogP contribution in [0, 0.1) is 0 Å². The van der Waals surface area contributed by atoms with Crippen LogP contribution >= 0.6 is 0 Å². The molecule has 9 heteroatoms. The van der Waals surface area contributed by atoms with Crippen LogP contribution in [-0.4, -0.2) is 41.8 Å². The van der Waals surface area contributed by atoms with E-state index in [2.05, 4.69) is 16.0 Å². The molecule has 2 amide bonds. The molecule has 5 N–H and O–H groups in total. The fourth-order valence-electron chi connectivity index (χ4n) is 4.75. The lowest BCUT2D eigenvalue weighted by Gasteiger charge is -2.34. The fourth-order valence-corrected chi connectivity index (χ4v) is 4.75. The maximum atomic E-state index is 12.4. The van der Waals surface area contributed by atoms with Crippen molar-refractivity contribution in [3.8, 4) is 0 Å². The summed E-state index contributed by atoms with van der Waals surface area (Å²) in [7, 11) is 1.86. The average Bonchev–Trinajstić information content (AvgIpc) is 3.19. The van der Waals surface area contributed by atoms with Gasteiger partial charge in [-0.15, -0.1) is 5.06 Å². The van der Waals surface area contributed by atoms with Crippen LogP contribution in [0.15, 0.2) is 60.5 Å². The summed E-state index contributed by atoms with van der Waals surface area (Å²) in [5.74, 6) is -0.0270. The molecule has 198 valence electrons. The lowest BCUT2D eigenvalue weighted by molar-refractivity contribution is -0.0928. The molecule has 0 radical (unpaired) electrons. The number of nitrogens with zero attached hydrogens (tertiary/aromatic N) is 1. The Bertz CT molecular complexity index is 1150. The molecule has 1 unspecified atom stereocenters. The van der Waals surface area contributed by atoms with Gasteiger partial charge in [-0.25, -0.2) is 4.79 Å². The molecule has 1 heterocycles. The van der Waals surface area contributed by atoms with Gasteiger partial charge in [0.2, 0.25) is 5.88 Å². The third kappa shape index (κ3) is 6.95. The highest BCUT2D eigenvalue weighted by Gasteiger charge is 2.29. The van der Waals surface area contributed by atoms with Crippen LogP contribution < -0.4 is 21.7 Å². The van der Waals surface area contributed by atoms with Crippen molar-refractivity contribution in [1.82, 2.24) is 10.4 Å². The number of benzene rings is 2. The zero-order chi connectivity index (χ0) is 26.6. The molecule has 4 rings (SSSR count). The van der Waals surface area contributed by atoms with Gasteiger partial charge in [-0.1, -0.05) is 43.2 Å². The molecule has 0 bridgehead atoms. The molecular weight excluding hydrogens is 470 g/mol. The number of anilines is 2. The van der Waals surface area contributed by atoms with E-state index in [4.69, 9.17) is 15.3 Å². The summed E-state index contributed by atoms with van der Waals surface area (Å²) in [6.45, 7) is 5.55. The third-order valence-electron chi connectivity index (χ3n) is 6.45. The number of ether oxygens (including phenoxy) is 1. The molecule has 9 nitrogen and oxygen atoms in total. The van der Waals surface area contributed by atoms with Crippen LogP contribution in [0.5, 0.6) is 0 Å². The summed E-state index contributed by atoms with van der Waals surface area (Å²) in [6.07, 6.45) is 5.40. The van der Waals surface area contributed by atoms with Gasteiger partial charge in [-0.05, 0) is 57.4 Å². The van der Waals surface area contributed by atoms with Crippen molar-refractivity contribution in [3.05, 3.63) is 71.6 Å². The Morgan fingerprint density at radius 2 is 1.76 bits per heavy atom. The van der Waals surface area contributed by atoms with Crippen LogP contribution in [0.1, 0.15) is 68.4 Å². The summed E-state index contributed by atoms with van der Waals surface area (Å²) in [5, 5.41) is 11.5. The van der Waals surface area contributed by atoms with E-state index >= 15 is 0 Å². The van der Waals surface area contributed by atoms with Crippen molar-refractivity contribution in [2.75, 3.05) is 17.7 Å². The van der Waals surface area contributed by atoms with Crippen LogP contribution in [-0.2, 0) is 9.57 Å². The number of hydroxylamine groups is 2. The second-order valence-electron chi connectivity index (χ2n) is 10.6. The number of hydrogen-bond acceptors (Lipinski definition) is 7. The lowest BCUT2D eigenvalue weighted by Crippen LogP contribution is -2.49. The first-order chi connectivity index (χ1) is 17.6. The minimum Gasteiger partial charge on any atom is -0.444 e. The molecule has 1 aliphatic heterocycles. The zero-order valence-corrected chi connectivity index (χ0v) is 21.9. The monoisotopic (exact) mass is 507 g/mol.